The molecule has 0 radical (unpaired) electrons. The first-order valence-electron chi connectivity index (χ1n) is 6.25. The summed E-state index contributed by atoms with van der Waals surface area (Å²) in [7, 11) is 0. The zero-order valence-electron chi connectivity index (χ0n) is 10.5. The van der Waals surface area contributed by atoms with Crippen LogP contribution in [-0.4, -0.2) is 33.9 Å². The third kappa shape index (κ3) is 3.12. The van der Waals surface area contributed by atoms with Crippen LogP contribution in [0.2, 0.25) is 0 Å². The lowest BCUT2D eigenvalue weighted by Gasteiger charge is -2.28. The number of aromatic nitrogens is 2. The quantitative estimate of drug-likeness (QED) is 0.793. The van der Waals surface area contributed by atoms with E-state index in [1.165, 1.54) is 0 Å². The lowest BCUT2D eigenvalue weighted by atomic mass is 9.99. The lowest BCUT2D eigenvalue weighted by molar-refractivity contribution is -0.125. The first kappa shape index (κ1) is 12.2. The van der Waals surface area contributed by atoms with E-state index < -0.39 is 0 Å². The maximum Gasteiger partial charge on any atom is 0.240 e. The minimum absolute atomic E-state index is 0.127. The summed E-state index contributed by atoms with van der Waals surface area (Å²) in [5, 5.41) is 3.93. The Bertz CT molecular complexity index is 389. The van der Waals surface area contributed by atoms with Crippen molar-refractivity contribution in [1.82, 2.24) is 15.0 Å². The summed E-state index contributed by atoms with van der Waals surface area (Å²) in [6, 6.07) is 0. The van der Waals surface area contributed by atoms with Crippen molar-refractivity contribution in [3.63, 3.8) is 0 Å². The molecule has 1 unspecified atom stereocenters. The number of carbonyl (C=O) groups excluding carboxylic acids is 1. The molecule has 5 nitrogen and oxygen atoms in total. The zero-order chi connectivity index (χ0) is 12.3. The van der Waals surface area contributed by atoms with E-state index in [0.29, 0.717) is 24.6 Å². The number of carbonyl (C=O) groups is 1. The maximum atomic E-state index is 11.4. The fraction of sp³-hybridized carbons (Fsp3) is 0.750. The first-order valence-corrected chi connectivity index (χ1v) is 6.25. The largest absolute Gasteiger partial charge is 0.338 e. The molecule has 1 aromatic heterocycles. The van der Waals surface area contributed by atoms with Gasteiger partial charge in [-0.15, -0.1) is 0 Å². The third-order valence-electron chi connectivity index (χ3n) is 3.10. The lowest BCUT2D eigenvalue weighted by Crippen LogP contribution is -2.39. The molecule has 0 N–H and O–H groups in total. The Morgan fingerprint density at radius 1 is 1.53 bits per heavy atom. The van der Waals surface area contributed by atoms with Gasteiger partial charge in [-0.25, -0.2) is 0 Å². The van der Waals surface area contributed by atoms with Crippen LogP contribution in [0.25, 0.3) is 0 Å². The SMILES string of the molecule is CCCc1noc(CN2CCC(=O)C(C)C2)n1. The number of likely N-dealkylation sites (tertiary alicyclic amines) is 1. The number of rotatable bonds is 4. The number of Topliss-reactive ketones (excluding diaryl/α,β-unsaturated/α-hetero) is 1. The Labute approximate surface area is 101 Å². The highest BCUT2D eigenvalue weighted by molar-refractivity contribution is 5.81. The van der Waals surface area contributed by atoms with Gasteiger partial charge in [0.05, 0.1) is 6.54 Å². The van der Waals surface area contributed by atoms with Crippen LogP contribution >= 0.6 is 0 Å². The molecule has 1 atom stereocenters. The van der Waals surface area contributed by atoms with Gasteiger partial charge in [-0.1, -0.05) is 19.0 Å². The van der Waals surface area contributed by atoms with Crippen LogP contribution in [0.4, 0.5) is 0 Å². The Morgan fingerprint density at radius 3 is 3.06 bits per heavy atom. The number of aryl methyl sites for hydroxylation is 1. The predicted octanol–water partition coefficient (Wildman–Crippen LogP) is 1.43. The molecule has 5 heteroatoms. The van der Waals surface area contributed by atoms with Crippen LogP contribution in [0.1, 0.15) is 38.4 Å². The molecule has 0 aromatic carbocycles. The van der Waals surface area contributed by atoms with Crippen molar-refractivity contribution < 1.29 is 9.32 Å². The monoisotopic (exact) mass is 237 g/mol. The molecular formula is C12H19N3O2. The van der Waals surface area contributed by atoms with E-state index in [1.807, 2.05) is 6.92 Å². The van der Waals surface area contributed by atoms with E-state index in [4.69, 9.17) is 4.52 Å². The average Bonchev–Trinajstić information content (AvgIpc) is 2.72. The van der Waals surface area contributed by atoms with Crippen LogP contribution < -0.4 is 0 Å². The van der Waals surface area contributed by atoms with Gasteiger partial charge in [0.15, 0.2) is 5.82 Å². The molecule has 17 heavy (non-hydrogen) atoms. The summed E-state index contributed by atoms with van der Waals surface area (Å²) in [5.41, 5.74) is 0. The molecule has 1 fully saturated rings. The summed E-state index contributed by atoms with van der Waals surface area (Å²) < 4.78 is 5.19. The zero-order valence-corrected chi connectivity index (χ0v) is 10.5. The van der Waals surface area contributed by atoms with Gasteiger partial charge in [-0.3, -0.25) is 9.69 Å². The molecule has 94 valence electrons. The Morgan fingerprint density at radius 2 is 2.35 bits per heavy atom. The summed E-state index contributed by atoms with van der Waals surface area (Å²) >= 11 is 0. The van der Waals surface area contributed by atoms with Gasteiger partial charge in [-0.2, -0.15) is 4.98 Å². The highest BCUT2D eigenvalue weighted by Gasteiger charge is 2.24. The van der Waals surface area contributed by atoms with E-state index >= 15 is 0 Å². The molecule has 2 rings (SSSR count). The normalized spacial score (nSPS) is 22.0. The number of ketones is 1. The molecule has 1 aromatic rings. The smallest absolute Gasteiger partial charge is 0.240 e. The van der Waals surface area contributed by atoms with Crippen LogP contribution in [0.15, 0.2) is 4.52 Å². The van der Waals surface area contributed by atoms with Gasteiger partial charge >= 0.3 is 0 Å². The van der Waals surface area contributed by atoms with E-state index in [0.717, 1.165) is 31.8 Å². The second-order valence-electron chi connectivity index (χ2n) is 4.71. The summed E-state index contributed by atoms with van der Waals surface area (Å²) in [6.45, 7) is 6.33. The van der Waals surface area contributed by atoms with E-state index in [-0.39, 0.29) is 5.92 Å². The minimum atomic E-state index is 0.127. The molecule has 0 spiro atoms. The van der Waals surface area contributed by atoms with E-state index in [9.17, 15) is 4.79 Å². The number of piperidine rings is 1. The summed E-state index contributed by atoms with van der Waals surface area (Å²) in [6.07, 6.45) is 2.52. The molecular weight excluding hydrogens is 218 g/mol. The second kappa shape index (κ2) is 5.40. The molecule has 0 aliphatic carbocycles. The van der Waals surface area contributed by atoms with Gasteiger partial charge in [0, 0.05) is 31.8 Å². The second-order valence-corrected chi connectivity index (χ2v) is 4.71. The van der Waals surface area contributed by atoms with Gasteiger partial charge in [-0.05, 0) is 6.42 Å². The van der Waals surface area contributed by atoms with Crippen LogP contribution in [-0.2, 0) is 17.8 Å². The molecule has 0 amide bonds. The minimum Gasteiger partial charge on any atom is -0.338 e. The first-order chi connectivity index (χ1) is 8.19. The number of hydrogen-bond donors (Lipinski definition) is 0. The highest BCUT2D eigenvalue weighted by Crippen LogP contribution is 2.14. The van der Waals surface area contributed by atoms with Crippen molar-refractivity contribution >= 4 is 5.78 Å². The van der Waals surface area contributed by atoms with Gasteiger partial charge in [0.25, 0.3) is 0 Å². The van der Waals surface area contributed by atoms with Gasteiger partial charge < -0.3 is 4.52 Å². The highest BCUT2D eigenvalue weighted by atomic mass is 16.5. The summed E-state index contributed by atoms with van der Waals surface area (Å²) in [5.74, 6) is 1.93. The van der Waals surface area contributed by atoms with E-state index in [2.05, 4.69) is 22.0 Å². The fourth-order valence-corrected chi connectivity index (χ4v) is 2.11. The van der Waals surface area contributed by atoms with Crippen molar-refractivity contribution in [3.05, 3.63) is 11.7 Å². The van der Waals surface area contributed by atoms with Crippen molar-refractivity contribution in [2.24, 2.45) is 5.92 Å². The van der Waals surface area contributed by atoms with Crippen molar-refractivity contribution in [1.29, 1.82) is 0 Å². The number of nitrogens with zero attached hydrogens (tertiary/aromatic N) is 3. The predicted molar refractivity (Wildman–Crippen MR) is 62.4 cm³/mol. The molecule has 1 saturated heterocycles. The topological polar surface area (TPSA) is 59.2 Å². The maximum absolute atomic E-state index is 11.4. The van der Waals surface area contributed by atoms with Crippen molar-refractivity contribution in [2.75, 3.05) is 13.1 Å². The fourth-order valence-electron chi connectivity index (χ4n) is 2.11. The Hall–Kier alpha value is -1.23. The Balaban J connectivity index is 1.89. The van der Waals surface area contributed by atoms with Crippen molar-refractivity contribution in [3.8, 4) is 0 Å². The van der Waals surface area contributed by atoms with E-state index in [1.54, 1.807) is 0 Å². The van der Waals surface area contributed by atoms with Gasteiger partial charge in [0.1, 0.15) is 5.78 Å². The van der Waals surface area contributed by atoms with Crippen LogP contribution in [0, 0.1) is 5.92 Å². The molecule has 0 bridgehead atoms. The number of hydrogen-bond acceptors (Lipinski definition) is 5. The summed E-state index contributed by atoms with van der Waals surface area (Å²) in [4.78, 5) is 17.9. The van der Waals surface area contributed by atoms with Crippen LogP contribution in [0.5, 0.6) is 0 Å². The molecule has 1 aliphatic heterocycles. The van der Waals surface area contributed by atoms with Gasteiger partial charge in [0.2, 0.25) is 5.89 Å². The third-order valence-corrected chi connectivity index (χ3v) is 3.10. The Kier molecular flexibility index (Phi) is 3.89. The average molecular weight is 237 g/mol. The van der Waals surface area contributed by atoms with Crippen LogP contribution in [0.3, 0.4) is 0 Å². The molecule has 1 aliphatic rings. The molecule has 2 heterocycles. The standard InChI is InChI=1S/C12H19N3O2/c1-3-4-11-13-12(17-14-11)8-15-6-5-10(16)9(2)7-15/h9H,3-8H2,1-2H3. The molecule has 0 saturated carbocycles. The van der Waals surface area contributed by atoms with Crippen molar-refractivity contribution in [2.45, 2.75) is 39.7 Å².